The van der Waals surface area contributed by atoms with Crippen LogP contribution in [0.25, 0.3) is 5.69 Å². The zero-order valence-corrected chi connectivity index (χ0v) is 22.1. The molecule has 2 aromatic heterocycles. The Kier molecular flexibility index (Phi) is 7.55. The molecule has 2 atom stereocenters. The second-order valence-electron chi connectivity index (χ2n) is 9.64. The summed E-state index contributed by atoms with van der Waals surface area (Å²) in [4.78, 5) is 20.8. The van der Waals surface area contributed by atoms with Crippen LogP contribution in [0, 0.1) is 13.8 Å². The average molecular weight is 520 g/mol. The number of hydrogen-bond donors (Lipinski definition) is 2. The zero-order chi connectivity index (χ0) is 25.9. The van der Waals surface area contributed by atoms with Gasteiger partial charge in [0, 0.05) is 49.5 Å². The standard InChI is InChI=1S/C28H33N5O3S/c1-19-18-23(20(2)33(19)22-9-7-21(8-10-22)27(34)35)26-25(24-6-3-4-11-29-24)30-28(37)32(26)13-5-12-31-14-16-36-17-15-31/h3-4,6-11,18,25-26H,5,12-17H2,1-2H3,(H,30,37)(H,34,35)/t25-,26-/m1/s1. The van der Waals surface area contributed by atoms with Crippen LogP contribution >= 0.6 is 12.2 Å². The van der Waals surface area contributed by atoms with E-state index < -0.39 is 5.97 Å². The first-order chi connectivity index (χ1) is 17.9. The highest BCUT2D eigenvalue weighted by Crippen LogP contribution is 2.41. The van der Waals surface area contributed by atoms with E-state index in [4.69, 9.17) is 17.0 Å². The number of ether oxygens (including phenoxy) is 1. The lowest BCUT2D eigenvalue weighted by Crippen LogP contribution is -2.39. The number of carboxylic acid groups (broad SMARTS) is 1. The van der Waals surface area contributed by atoms with E-state index in [1.54, 1.807) is 12.1 Å². The SMILES string of the molecule is Cc1cc([C@@H]2[C@@H](c3ccccn3)NC(=S)N2CCCN2CCOCC2)c(C)n1-c1ccc(C(=O)O)cc1. The number of hydrogen-bond acceptors (Lipinski definition) is 5. The summed E-state index contributed by atoms with van der Waals surface area (Å²) in [7, 11) is 0. The molecule has 4 heterocycles. The van der Waals surface area contributed by atoms with Crippen LogP contribution in [0.1, 0.15) is 51.5 Å². The summed E-state index contributed by atoms with van der Waals surface area (Å²) >= 11 is 5.87. The number of nitrogens with one attached hydrogen (secondary N) is 1. The number of aromatic nitrogens is 2. The van der Waals surface area contributed by atoms with Crippen LogP contribution in [0.2, 0.25) is 0 Å². The van der Waals surface area contributed by atoms with Crippen molar-refractivity contribution in [3.63, 3.8) is 0 Å². The van der Waals surface area contributed by atoms with Gasteiger partial charge in [-0.1, -0.05) is 6.07 Å². The minimum atomic E-state index is -0.926. The third-order valence-electron chi connectivity index (χ3n) is 7.34. The minimum Gasteiger partial charge on any atom is -0.478 e. The molecule has 2 aliphatic rings. The first-order valence-corrected chi connectivity index (χ1v) is 13.2. The van der Waals surface area contributed by atoms with Gasteiger partial charge >= 0.3 is 5.97 Å². The van der Waals surface area contributed by atoms with E-state index in [0.717, 1.165) is 73.7 Å². The highest BCUT2D eigenvalue weighted by molar-refractivity contribution is 7.80. The molecule has 194 valence electrons. The number of rotatable bonds is 8. The van der Waals surface area contributed by atoms with Gasteiger partial charge in [0.2, 0.25) is 0 Å². The third-order valence-corrected chi connectivity index (χ3v) is 7.69. The molecule has 8 nitrogen and oxygen atoms in total. The van der Waals surface area contributed by atoms with Crippen molar-refractivity contribution in [2.45, 2.75) is 32.4 Å². The van der Waals surface area contributed by atoms with Gasteiger partial charge in [-0.2, -0.15) is 0 Å². The molecule has 2 saturated heterocycles. The molecule has 1 aromatic carbocycles. The van der Waals surface area contributed by atoms with Crippen molar-refractivity contribution in [3.05, 3.63) is 82.9 Å². The average Bonchev–Trinajstić information content (AvgIpc) is 3.39. The van der Waals surface area contributed by atoms with Crippen LogP contribution in [0.15, 0.2) is 54.7 Å². The molecule has 0 amide bonds. The first-order valence-electron chi connectivity index (χ1n) is 12.7. The summed E-state index contributed by atoms with van der Waals surface area (Å²) in [6.45, 7) is 9.61. The van der Waals surface area contributed by atoms with E-state index in [1.165, 1.54) is 5.56 Å². The van der Waals surface area contributed by atoms with E-state index in [1.807, 2.05) is 36.5 Å². The lowest BCUT2D eigenvalue weighted by atomic mass is 9.96. The second kappa shape index (κ2) is 11.0. The van der Waals surface area contributed by atoms with E-state index >= 15 is 0 Å². The number of nitrogens with zero attached hydrogens (tertiary/aromatic N) is 4. The molecular formula is C28H33N5O3S. The molecule has 2 aliphatic heterocycles. The van der Waals surface area contributed by atoms with Crippen molar-refractivity contribution >= 4 is 23.3 Å². The third kappa shape index (κ3) is 5.25. The van der Waals surface area contributed by atoms with Crippen LogP contribution in [0.5, 0.6) is 0 Å². The first kappa shape index (κ1) is 25.4. The maximum atomic E-state index is 11.3. The summed E-state index contributed by atoms with van der Waals surface area (Å²) in [5.74, 6) is -0.926. The molecule has 0 spiro atoms. The Morgan fingerprint density at radius 3 is 2.57 bits per heavy atom. The maximum absolute atomic E-state index is 11.3. The van der Waals surface area contributed by atoms with Crippen molar-refractivity contribution < 1.29 is 14.6 Å². The molecular weight excluding hydrogens is 486 g/mol. The Morgan fingerprint density at radius 1 is 1.14 bits per heavy atom. The number of benzene rings is 1. The Labute approximate surface area is 222 Å². The Morgan fingerprint density at radius 2 is 1.89 bits per heavy atom. The Hall–Kier alpha value is -3.27. The predicted octanol–water partition coefficient (Wildman–Crippen LogP) is 3.88. The molecule has 2 N–H and O–H groups in total. The van der Waals surface area contributed by atoms with Crippen LogP contribution in [0.4, 0.5) is 0 Å². The van der Waals surface area contributed by atoms with Crippen molar-refractivity contribution in [2.24, 2.45) is 0 Å². The van der Waals surface area contributed by atoms with Crippen LogP contribution in [-0.4, -0.2) is 74.9 Å². The van der Waals surface area contributed by atoms with E-state index in [-0.39, 0.29) is 17.6 Å². The van der Waals surface area contributed by atoms with Crippen LogP contribution in [0.3, 0.4) is 0 Å². The van der Waals surface area contributed by atoms with Gasteiger partial charge in [-0.15, -0.1) is 0 Å². The Balaban J connectivity index is 1.47. The second-order valence-corrected chi connectivity index (χ2v) is 10.0. The molecule has 2 fully saturated rings. The van der Waals surface area contributed by atoms with Gasteiger partial charge in [0.05, 0.1) is 36.6 Å². The van der Waals surface area contributed by atoms with Gasteiger partial charge in [0.1, 0.15) is 0 Å². The fraction of sp³-hybridized carbons (Fsp3) is 0.393. The zero-order valence-electron chi connectivity index (χ0n) is 21.3. The van der Waals surface area contributed by atoms with Crippen molar-refractivity contribution in [3.8, 4) is 5.69 Å². The van der Waals surface area contributed by atoms with E-state index in [2.05, 4.69) is 44.6 Å². The minimum absolute atomic E-state index is 0.00895. The van der Waals surface area contributed by atoms with E-state index in [0.29, 0.717) is 0 Å². The summed E-state index contributed by atoms with van der Waals surface area (Å²) in [5.41, 5.74) is 5.56. The fourth-order valence-electron chi connectivity index (χ4n) is 5.51. The lowest BCUT2D eigenvalue weighted by molar-refractivity contribution is 0.0365. The fourth-order valence-corrected chi connectivity index (χ4v) is 5.84. The van der Waals surface area contributed by atoms with Crippen molar-refractivity contribution in [1.29, 1.82) is 0 Å². The molecule has 0 saturated carbocycles. The maximum Gasteiger partial charge on any atom is 0.335 e. The summed E-state index contributed by atoms with van der Waals surface area (Å²) in [6, 6.07) is 15.2. The smallest absolute Gasteiger partial charge is 0.335 e. The normalized spacial score (nSPS) is 20.3. The van der Waals surface area contributed by atoms with Crippen LogP contribution in [-0.2, 0) is 4.74 Å². The summed E-state index contributed by atoms with van der Waals surface area (Å²) < 4.78 is 7.68. The summed E-state index contributed by atoms with van der Waals surface area (Å²) in [5, 5.41) is 13.6. The highest BCUT2D eigenvalue weighted by atomic mass is 32.1. The number of aromatic carboxylic acids is 1. The molecule has 5 rings (SSSR count). The van der Waals surface area contributed by atoms with Gasteiger partial charge in [-0.05, 0) is 80.5 Å². The molecule has 0 radical (unpaired) electrons. The summed E-state index contributed by atoms with van der Waals surface area (Å²) in [6.07, 6.45) is 2.83. The lowest BCUT2D eigenvalue weighted by Gasteiger charge is -2.30. The Bertz CT molecular complexity index is 1250. The molecule has 0 bridgehead atoms. The number of thiocarbonyl (C=S) groups is 1. The van der Waals surface area contributed by atoms with Crippen molar-refractivity contribution in [2.75, 3.05) is 39.4 Å². The van der Waals surface area contributed by atoms with Gasteiger partial charge in [-0.25, -0.2) is 4.79 Å². The van der Waals surface area contributed by atoms with Crippen LogP contribution < -0.4 is 5.32 Å². The quantitative estimate of drug-likeness (QED) is 0.434. The van der Waals surface area contributed by atoms with Gasteiger partial charge < -0.3 is 24.6 Å². The number of aryl methyl sites for hydroxylation is 1. The topological polar surface area (TPSA) is 82.9 Å². The molecule has 0 aliphatic carbocycles. The van der Waals surface area contributed by atoms with Gasteiger partial charge in [-0.3, -0.25) is 9.88 Å². The number of morpholine rings is 1. The van der Waals surface area contributed by atoms with E-state index in [9.17, 15) is 9.90 Å². The molecule has 0 unspecified atom stereocenters. The molecule has 37 heavy (non-hydrogen) atoms. The number of carbonyl (C=O) groups is 1. The molecule has 3 aromatic rings. The largest absolute Gasteiger partial charge is 0.478 e. The number of carboxylic acids is 1. The monoisotopic (exact) mass is 519 g/mol. The molecule has 9 heteroatoms. The van der Waals surface area contributed by atoms with Gasteiger partial charge in [0.15, 0.2) is 5.11 Å². The highest BCUT2D eigenvalue weighted by Gasteiger charge is 2.41. The predicted molar refractivity (Wildman–Crippen MR) is 146 cm³/mol. The number of pyridine rings is 1. The van der Waals surface area contributed by atoms with Crippen molar-refractivity contribution in [1.82, 2.24) is 24.7 Å². The van der Waals surface area contributed by atoms with Gasteiger partial charge in [0.25, 0.3) is 0 Å².